The Labute approximate surface area is 90.3 Å². The van der Waals surface area contributed by atoms with Crippen LogP contribution in [-0.4, -0.2) is 13.3 Å². The summed E-state index contributed by atoms with van der Waals surface area (Å²) in [7, 11) is 1.94. The van der Waals surface area contributed by atoms with Gasteiger partial charge in [0, 0.05) is 17.4 Å². The summed E-state index contributed by atoms with van der Waals surface area (Å²) in [6, 6.07) is 8.78. The Hall–Kier alpha value is -0.910. The summed E-state index contributed by atoms with van der Waals surface area (Å²) in [5, 5.41) is 3.21. The van der Waals surface area contributed by atoms with E-state index in [1.54, 1.807) is 11.8 Å². The highest BCUT2D eigenvalue weighted by molar-refractivity contribution is 7.98. The number of rotatable bonds is 4. The first-order valence-electron chi connectivity index (χ1n) is 4.56. The highest BCUT2D eigenvalue weighted by atomic mass is 32.2. The summed E-state index contributed by atoms with van der Waals surface area (Å²) >= 11 is 1.75. The maximum Gasteiger partial charge on any atom is 0.0428 e. The number of nitrogens with one attached hydrogen (secondary N) is 1. The van der Waals surface area contributed by atoms with Gasteiger partial charge < -0.3 is 5.32 Å². The molecule has 14 heavy (non-hydrogen) atoms. The van der Waals surface area contributed by atoms with E-state index in [-0.39, 0.29) is 6.04 Å². The quantitative estimate of drug-likeness (QED) is 0.599. The summed E-state index contributed by atoms with van der Waals surface area (Å²) in [5.41, 5.74) is 1.25. The zero-order chi connectivity index (χ0) is 10.4. The Balaban J connectivity index is 2.79. The molecule has 0 saturated carbocycles. The molecule has 1 aromatic rings. The minimum atomic E-state index is 0.274. The minimum absolute atomic E-state index is 0.274. The second-order valence-corrected chi connectivity index (χ2v) is 3.90. The molecule has 0 heterocycles. The predicted octanol–water partition coefficient (Wildman–Crippen LogP) is 2.69. The van der Waals surface area contributed by atoms with Crippen LogP contribution in [-0.2, 0) is 0 Å². The van der Waals surface area contributed by atoms with Crippen molar-refractivity contribution >= 4 is 11.8 Å². The molecule has 0 radical (unpaired) electrons. The molecule has 1 atom stereocenters. The van der Waals surface area contributed by atoms with Gasteiger partial charge in [0.15, 0.2) is 0 Å². The SMILES string of the molecule is C#CCC(NC)c1ccc(SC)cc1. The first-order valence-corrected chi connectivity index (χ1v) is 5.79. The van der Waals surface area contributed by atoms with Crippen LogP contribution in [0.3, 0.4) is 0 Å². The van der Waals surface area contributed by atoms with E-state index in [1.165, 1.54) is 10.5 Å². The van der Waals surface area contributed by atoms with Crippen molar-refractivity contribution in [2.75, 3.05) is 13.3 Å². The van der Waals surface area contributed by atoms with Gasteiger partial charge in [0.25, 0.3) is 0 Å². The van der Waals surface area contributed by atoms with E-state index in [0.717, 1.165) is 6.42 Å². The highest BCUT2D eigenvalue weighted by Crippen LogP contribution is 2.20. The molecule has 0 bridgehead atoms. The van der Waals surface area contributed by atoms with Crippen molar-refractivity contribution in [3.05, 3.63) is 29.8 Å². The molecule has 0 amide bonds. The second kappa shape index (κ2) is 5.74. The normalized spacial score (nSPS) is 12.1. The molecule has 1 N–H and O–H groups in total. The molecule has 0 saturated heterocycles. The zero-order valence-corrected chi connectivity index (χ0v) is 9.40. The fourth-order valence-electron chi connectivity index (χ4n) is 1.34. The van der Waals surface area contributed by atoms with Crippen LogP contribution in [0.4, 0.5) is 0 Å². The van der Waals surface area contributed by atoms with Gasteiger partial charge in [-0.05, 0) is 31.0 Å². The monoisotopic (exact) mass is 205 g/mol. The molecule has 0 aromatic heterocycles. The van der Waals surface area contributed by atoms with Crippen molar-refractivity contribution in [3.63, 3.8) is 0 Å². The number of terminal acetylenes is 1. The van der Waals surface area contributed by atoms with Crippen molar-refractivity contribution in [3.8, 4) is 12.3 Å². The lowest BCUT2D eigenvalue weighted by Gasteiger charge is -2.13. The van der Waals surface area contributed by atoms with Crippen LogP contribution < -0.4 is 5.32 Å². The molecular weight excluding hydrogens is 190 g/mol. The maximum absolute atomic E-state index is 5.30. The van der Waals surface area contributed by atoms with E-state index in [4.69, 9.17) is 6.42 Å². The molecule has 0 aliphatic heterocycles. The lowest BCUT2D eigenvalue weighted by molar-refractivity contribution is 0.611. The molecule has 0 spiro atoms. The maximum atomic E-state index is 5.30. The number of hydrogen-bond donors (Lipinski definition) is 1. The van der Waals surface area contributed by atoms with Crippen LogP contribution in [0.25, 0.3) is 0 Å². The molecule has 1 rings (SSSR count). The third kappa shape index (κ3) is 2.80. The predicted molar refractivity (Wildman–Crippen MR) is 63.5 cm³/mol. The van der Waals surface area contributed by atoms with Crippen LogP contribution in [0.2, 0.25) is 0 Å². The zero-order valence-electron chi connectivity index (χ0n) is 8.58. The molecule has 1 unspecified atom stereocenters. The highest BCUT2D eigenvalue weighted by Gasteiger charge is 2.06. The first-order chi connectivity index (χ1) is 6.81. The van der Waals surface area contributed by atoms with Crippen LogP contribution in [0.15, 0.2) is 29.2 Å². The van der Waals surface area contributed by atoms with Gasteiger partial charge in [0.2, 0.25) is 0 Å². The van der Waals surface area contributed by atoms with E-state index in [9.17, 15) is 0 Å². The molecule has 1 aromatic carbocycles. The lowest BCUT2D eigenvalue weighted by atomic mass is 10.0. The molecule has 0 aliphatic rings. The summed E-state index contributed by atoms with van der Waals surface area (Å²) in [5.74, 6) is 2.68. The van der Waals surface area contributed by atoms with E-state index >= 15 is 0 Å². The summed E-state index contributed by atoms with van der Waals surface area (Å²) in [6.07, 6.45) is 8.11. The fourth-order valence-corrected chi connectivity index (χ4v) is 1.75. The van der Waals surface area contributed by atoms with E-state index in [1.807, 2.05) is 7.05 Å². The molecular formula is C12H15NS. The van der Waals surface area contributed by atoms with E-state index in [0.29, 0.717) is 0 Å². The molecule has 74 valence electrons. The number of hydrogen-bond acceptors (Lipinski definition) is 2. The van der Waals surface area contributed by atoms with Crippen molar-refractivity contribution in [2.24, 2.45) is 0 Å². The third-order valence-corrected chi connectivity index (χ3v) is 2.93. The van der Waals surface area contributed by atoms with Crippen LogP contribution in [0.5, 0.6) is 0 Å². The standard InChI is InChI=1S/C12H15NS/c1-4-5-12(13-2)10-6-8-11(14-3)9-7-10/h1,6-9,12-13H,5H2,2-3H3. The third-order valence-electron chi connectivity index (χ3n) is 2.19. The minimum Gasteiger partial charge on any atom is -0.312 e. The summed E-state index contributed by atoms with van der Waals surface area (Å²) < 4.78 is 0. The topological polar surface area (TPSA) is 12.0 Å². The fraction of sp³-hybridized carbons (Fsp3) is 0.333. The van der Waals surface area contributed by atoms with Gasteiger partial charge in [-0.3, -0.25) is 0 Å². The Morgan fingerprint density at radius 2 is 2.07 bits per heavy atom. The van der Waals surface area contributed by atoms with Crippen LogP contribution in [0.1, 0.15) is 18.0 Å². The van der Waals surface area contributed by atoms with Crippen LogP contribution in [0, 0.1) is 12.3 Å². The van der Waals surface area contributed by atoms with Crippen molar-refractivity contribution < 1.29 is 0 Å². The Bertz CT molecular complexity index is 310. The first kappa shape index (κ1) is 11.2. The number of benzene rings is 1. The van der Waals surface area contributed by atoms with Gasteiger partial charge >= 0.3 is 0 Å². The lowest BCUT2D eigenvalue weighted by Crippen LogP contribution is -2.15. The molecule has 0 aliphatic carbocycles. The van der Waals surface area contributed by atoms with Crippen molar-refractivity contribution in [1.82, 2.24) is 5.32 Å². The Kier molecular flexibility index (Phi) is 4.58. The van der Waals surface area contributed by atoms with Gasteiger partial charge in [0.05, 0.1) is 0 Å². The van der Waals surface area contributed by atoms with Crippen LogP contribution >= 0.6 is 11.8 Å². The Morgan fingerprint density at radius 3 is 2.50 bits per heavy atom. The van der Waals surface area contributed by atoms with Crippen molar-refractivity contribution in [1.29, 1.82) is 0 Å². The summed E-state index contributed by atoms with van der Waals surface area (Å²) in [4.78, 5) is 1.28. The van der Waals surface area contributed by atoms with Gasteiger partial charge in [-0.1, -0.05) is 12.1 Å². The van der Waals surface area contributed by atoms with E-state index < -0.39 is 0 Å². The second-order valence-electron chi connectivity index (χ2n) is 3.02. The molecule has 0 fully saturated rings. The van der Waals surface area contributed by atoms with Crippen molar-refractivity contribution in [2.45, 2.75) is 17.4 Å². The Morgan fingerprint density at radius 1 is 1.43 bits per heavy atom. The average molecular weight is 205 g/mol. The molecule has 2 heteroatoms. The van der Waals surface area contributed by atoms with E-state index in [2.05, 4.69) is 41.8 Å². The number of thioether (sulfide) groups is 1. The van der Waals surface area contributed by atoms with Gasteiger partial charge in [0.1, 0.15) is 0 Å². The van der Waals surface area contributed by atoms with Gasteiger partial charge in [-0.2, -0.15) is 0 Å². The van der Waals surface area contributed by atoms with Gasteiger partial charge in [-0.25, -0.2) is 0 Å². The smallest absolute Gasteiger partial charge is 0.0428 e. The largest absolute Gasteiger partial charge is 0.312 e. The molecule has 1 nitrogen and oxygen atoms in total. The van der Waals surface area contributed by atoms with Gasteiger partial charge in [-0.15, -0.1) is 24.1 Å². The average Bonchev–Trinajstić information content (AvgIpc) is 2.26. The summed E-state index contributed by atoms with van der Waals surface area (Å²) in [6.45, 7) is 0.